The first kappa shape index (κ1) is 23.6. The molecule has 0 unspecified atom stereocenters. The van der Waals surface area contributed by atoms with E-state index in [0.29, 0.717) is 22.0 Å². The predicted molar refractivity (Wildman–Crippen MR) is 112 cm³/mol. The number of carbonyl (C=O) groups excluding carboxylic acids is 3. The predicted octanol–water partition coefficient (Wildman–Crippen LogP) is 2.87. The van der Waals surface area contributed by atoms with Gasteiger partial charge in [0.15, 0.2) is 6.61 Å². The maximum Gasteiger partial charge on any atom is 0.328 e. The maximum atomic E-state index is 12.2. The maximum absolute atomic E-state index is 12.2. The first-order valence-corrected chi connectivity index (χ1v) is 9.36. The van der Waals surface area contributed by atoms with Crippen molar-refractivity contribution in [1.82, 2.24) is 5.32 Å². The highest BCUT2D eigenvalue weighted by atomic mass is 35.5. The lowest BCUT2D eigenvalue weighted by molar-refractivity contribution is -0.384. The second-order valence-electron chi connectivity index (χ2n) is 6.46. The van der Waals surface area contributed by atoms with Crippen LogP contribution in [0.1, 0.15) is 22.8 Å². The molecule has 0 bridgehead atoms. The smallest absolute Gasteiger partial charge is 0.328 e. The number of non-ortho nitro benzene ring substituents is 1. The van der Waals surface area contributed by atoms with Crippen molar-refractivity contribution >= 4 is 40.8 Å². The molecule has 0 aromatic heterocycles. The SMILES string of the molecule is COc1cc(Cl)c(C)cc1NC(=O)COC(=O)[C@H](C)NC(=O)c1cccc([N+](=O)[O-])c1. The average Bonchev–Trinajstić information content (AvgIpc) is 2.74. The quantitative estimate of drug-likeness (QED) is 0.359. The van der Waals surface area contributed by atoms with Crippen LogP contribution < -0.4 is 15.4 Å². The van der Waals surface area contributed by atoms with Crippen molar-refractivity contribution in [3.8, 4) is 5.75 Å². The number of esters is 1. The molecular weight excluding hydrogens is 430 g/mol. The monoisotopic (exact) mass is 449 g/mol. The Labute approximate surface area is 182 Å². The van der Waals surface area contributed by atoms with Gasteiger partial charge in [0.25, 0.3) is 17.5 Å². The van der Waals surface area contributed by atoms with Gasteiger partial charge in [-0.15, -0.1) is 0 Å². The topological polar surface area (TPSA) is 137 Å². The van der Waals surface area contributed by atoms with Crippen molar-refractivity contribution in [2.75, 3.05) is 19.0 Å². The van der Waals surface area contributed by atoms with Gasteiger partial charge in [0.05, 0.1) is 17.7 Å². The lowest BCUT2D eigenvalue weighted by Crippen LogP contribution is -2.40. The molecule has 164 valence electrons. The fraction of sp³-hybridized carbons (Fsp3) is 0.250. The number of nitro benzene ring substituents is 1. The Balaban J connectivity index is 1.91. The van der Waals surface area contributed by atoms with E-state index in [1.165, 1.54) is 32.2 Å². The van der Waals surface area contributed by atoms with Crippen LogP contribution in [0.15, 0.2) is 36.4 Å². The van der Waals surface area contributed by atoms with E-state index >= 15 is 0 Å². The second kappa shape index (κ2) is 10.4. The van der Waals surface area contributed by atoms with Crippen LogP contribution in [0.25, 0.3) is 0 Å². The fourth-order valence-electron chi connectivity index (χ4n) is 2.48. The van der Waals surface area contributed by atoms with Gasteiger partial charge in [-0.1, -0.05) is 17.7 Å². The Kier molecular flexibility index (Phi) is 7.92. The van der Waals surface area contributed by atoms with E-state index in [2.05, 4.69) is 10.6 Å². The summed E-state index contributed by atoms with van der Waals surface area (Å²) < 4.78 is 10.1. The Morgan fingerprint density at radius 1 is 1.23 bits per heavy atom. The molecule has 2 amide bonds. The second-order valence-corrected chi connectivity index (χ2v) is 6.87. The number of aryl methyl sites for hydroxylation is 1. The molecule has 0 spiro atoms. The first-order chi connectivity index (χ1) is 14.6. The molecule has 2 aromatic rings. The Hall–Kier alpha value is -3.66. The molecule has 0 saturated heterocycles. The van der Waals surface area contributed by atoms with Crippen LogP contribution in [0, 0.1) is 17.0 Å². The van der Waals surface area contributed by atoms with Gasteiger partial charge in [0.2, 0.25) is 0 Å². The molecule has 1 atom stereocenters. The minimum Gasteiger partial charge on any atom is -0.495 e. The van der Waals surface area contributed by atoms with Gasteiger partial charge in [-0.05, 0) is 31.5 Å². The van der Waals surface area contributed by atoms with Crippen molar-refractivity contribution in [1.29, 1.82) is 0 Å². The summed E-state index contributed by atoms with van der Waals surface area (Å²) in [5, 5.41) is 16.2. The molecule has 0 aliphatic heterocycles. The molecule has 0 saturated carbocycles. The highest BCUT2D eigenvalue weighted by Crippen LogP contribution is 2.30. The van der Waals surface area contributed by atoms with Gasteiger partial charge in [-0.3, -0.25) is 19.7 Å². The molecule has 31 heavy (non-hydrogen) atoms. The number of nitro groups is 1. The number of hydrogen-bond acceptors (Lipinski definition) is 7. The summed E-state index contributed by atoms with van der Waals surface area (Å²) in [6.45, 7) is 2.52. The van der Waals surface area contributed by atoms with Crippen molar-refractivity contribution in [3.05, 3.63) is 62.7 Å². The number of nitrogens with zero attached hydrogens (tertiary/aromatic N) is 1. The zero-order valence-electron chi connectivity index (χ0n) is 16.9. The number of benzene rings is 2. The Morgan fingerprint density at radius 3 is 2.58 bits per heavy atom. The number of rotatable bonds is 8. The lowest BCUT2D eigenvalue weighted by atomic mass is 10.2. The molecule has 11 heteroatoms. The van der Waals surface area contributed by atoms with Gasteiger partial charge < -0.3 is 20.1 Å². The minimum absolute atomic E-state index is 0.0109. The van der Waals surface area contributed by atoms with E-state index in [0.717, 1.165) is 6.07 Å². The van der Waals surface area contributed by atoms with E-state index in [1.807, 2.05) is 0 Å². The molecule has 0 aliphatic carbocycles. The van der Waals surface area contributed by atoms with E-state index < -0.39 is 35.4 Å². The summed E-state index contributed by atoms with van der Waals surface area (Å²) in [6.07, 6.45) is 0. The number of nitrogens with one attached hydrogen (secondary N) is 2. The fourth-order valence-corrected chi connectivity index (χ4v) is 2.63. The van der Waals surface area contributed by atoms with Crippen LogP contribution in [-0.4, -0.2) is 42.5 Å². The normalized spacial score (nSPS) is 11.2. The number of methoxy groups -OCH3 is 1. The third-order valence-corrected chi connectivity index (χ3v) is 4.53. The summed E-state index contributed by atoms with van der Waals surface area (Å²) in [5.41, 5.74) is 0.828. The molecule has 0 heterocycles. The van der Waals surface area contributed by atoms with Crippen molar-refractivity contribution in [2.45, 2.75) is 19.9 Å². The summed E-state index contributed by atoms with van der Waals surface area (Å²) in [6, 6.07) is 7.12. The lowest BCUT2D eigenvalue weighted by Gasteiger charge is -2.14. The molecule has 10 nitrogen and oxygen atoms in total. The Bertz CT molecular complexity index is 1030. The van der Waals surface area contributed by atoms with Crippen LogP contribution in [0.2, 0.25) is 5.02 Å². The molecule has 0 radical (unpaired) electrons. The zero-order valence-corrected chi connectivity index (χ0v) is 17.7. The van der Waals surface area contributed by atoms with Crippen molar-refractivity contribution in [2.24, 2.45) is 0 Å². The first-order valence-electron chi connectivity index (χ1n) is 8.98. The van der Waals surface area contributed by atoms with Gasteiger partial charge in [-0.25, -0.2) is 4.79 Å². The zero-order chi connectivity index (χ0) is 23.1. The van der Waals surface area contributed by atoms with Crippen LogP contribution >= 0.6 is 11.6 Å². The largest absolute Gasteiger partial charge is 0.495 e. The summed E-state index contributed by atoms with van der Waals surface area (Å²) in [7, 11) is 1.42. The van der Waals surface area contributed by atoms with E-state index in [-0.39, 0.29) is 11.3 Å². The van der Waals surface area contributed by atoms with Crippen LogP contribution in [0.4, 0.5) is 11.4 Å². The molecule has 2 N–H and O–H groups in total. The molecule has 0 fully saturated rings. The summed E-state index contributed by atoms with van der Waals surface area (Å²) >= 11 is 6.02. The third kappa shape index (κ3) is 6.41. The molecule has 2 aromatic carbocycles. The number of anilines is 1. The van der Waals surface area contributed by atoms with Crippen LogP contribution in [0.3, 0.4) is 0 Å². The van der Waals surface area contributed by atoms with E-state index in [1.54, 1.807) is 19.1 Å². The van der Waals surface area contributed by atoms with Gasteiger partial charge in [-0.2, -0.15) is 0 Å². The van der Waals surface area contributed by atoms with Gasteiger partial charge in [0, 0.05) is 28.8 Å². The standard InChI is InChI=1S/C20H20ClN3O7/c1-11-7-16(17(30-3)9-15(11)21)23-18(25)10-31-20(27)12(2)22-19(26)13-5-4-6-14(8-13)24(28)29/h4-9,12H,10H2,1-3H3,(H,22,26)(H,23,25)/t12-/m0/s1. The van der Waals surface area contributed by atoms with Gasteiger partial charge in [0.1, 0.15) is 11.8 Å². The molecular formula is C20H20ClN3O7. The molecule has 0 aliphatic rings. The van der Waals surface area contributed by atoms with Crippen LogP contribution in [-0.2, 0) is 14.3 Å². The molecule has 2 rings (SSSR count). The third-order valence-electron chi connectivity index (χ3n) is 4.12. The Morgan fingerprint density at radius 2 is 1.94 bits per heavy atom. The van der Waals surface area contributed by atoms with E-state index in [9.17, 15) is 24.5 Å². The van der Waals surface area contributed by atoms with Crippen LogP contribution in [0.5, 0.6) is 5.75 Å². The highest BCUT2D eigenvalue weighted by Gasteiger charge is 2.20. The number of carbonyl (C=O) groups is 3. The van der Waals surface area contributed by atoms with E-state index in [4.69, 9.17) is 21.1 Å². The highest BCUT2D eigenvalue weighted by molar-refractivity contribution is 6.31. The average molecular weight is 450 g/mol. The van der Waals surface area contributed by atoms with Crippen molar-refractivity contribution < 1.29 is 28.8 Å². The number of hydrogen-bond donors (Lipinski definition) is 2. The number of ether oxygens (including phenoxy) is 2. The minimum atomic E-state index is -1.09. The number of halogens is 1. The summed E-state index contributed by atoms with van der Waals surface area (Å²) in [4.78, 5) is 46.6. The van der Waals surface area contributed by atoms with Gasteiger partial charge >= 0.3 is 5.97 Å². The summed E-state index contributed by atoms with van der Waals surface area (Å²) in [5.74, 6) is -1.83. The number of amides is 2. The van der Waals surface area contributed by atoms with Crippen molar-refractivity contribution in [3.63, 3.8) is 0 Å².